The van der Waals surface area contributed by atoms with Crippen molar-refractivity contribution in [2.24, 2.45) is 0 Å². The molecular weight excluding hydrogens is 364 g/mol. The Morgan fingerprint density at radius 1 is 1.03 bits per heavy atom. The third-order valence-electron chi connectivity index (χ3n) is 5.62. The Bertz CT molecular complexity index is 1230. The van der Waals surface area contributed by atoms with Gasteiger partial charge in [0, 0.05) is 12.3 Å². The van der Waals surface area contributed by atoms with E-state index in [9.17, 15) is 9.90 Å². The summed E-state index contributed by atoms with van der Waals surface area (Å²) in [5.74, 6) is 0.0356. The van der Waals surface area contributed by atoms with Crippen molar-refractivity contribution in [2.75, 3.05) is 0 Å². The molecule has 5 rings (SSSR count). The molecule has 1 unspecified atom stereocenters. The molecule has 1 atom stereocenters. The number of hydrogen-bond acceptors (Lipinski definition) is 5. The van der Waals surface area contributed by atoms with E-state index < -0.39 is 0 Å². The molecule has 0 amide bonds. The summed E-state index contributed by atoms with van der Waals surface area (Å²) in [6, 6.07) is 17.2. The summed E-state index contributed by atoms with van der Waals surface area (Å²) < 4.78 is 1.79. The van der Waals surface area contributed by atoms with Gasteiger partial charge in [0.25, 0.3) is 0 Å². The number of nitrogens with zero attached hydrogens (tertiary/aromatic N) is 4. The number of carbonyl (C=O) groups excluding carboxylic acids is 1. The van der Waals surface area contributed by atoms with Crippen LogP contribution in [0.5, 0.6) is 5.75 Å². The first-order valence-corrected chi connectivity index (χ1v) is 9.81. The van der Waals surface area contributed by atoms with Gasteiger partial charge in [-0.3, -0.25) is 4.79 Å². The zero-order chi connectivity index (χ0) is 20.0. The fourth-order valence-electron chi connectivity index (χ4n) is 4.22. The van der Waals surface area contributed by atoms with E-state index in [0.717, 1.165) is 34.5 Å². The third-order valence-corrected chi connectivity index (χ3v) is 5.62. The van der Waals surface area contributed by atoms with Crippen molar-refractivity contribution in [1.82, 2.24) is 19.8 Å². The van der Waals surface area contributed by atoms with E-state index >= 15 is 0 Å². The Morgan fingerprint density at radius 3 is 2.55 bits per heavy atom. The van der Waals surface area contributed by atoms with Crippen molar-refractivity contribution in [2.45, 2.75) is 32.1 Å². The highest BCUT2D eigenvalue weighted by atomic mass is 16.3. The molecule has 2 heterocycles. The van der Waals surface area contributed by atoms with Crippen LogP contribution in [0.4, 0.5) is 0 Å². The molecule has 2 aromatic heterocycles. The molecule has 0 saturated heterocycles. The SMILES string of the molecule is CCc1nn2c3c(nnc2c1-c1ccccc1)C(=O)CC(c1ccccc1O)C3. The lowest BCUT2D eigenvalue weighted by molar-refractivity contribution is 0.0955. The van der Waals surface area contributed by atoms with Crippen molar-refractivity contribution in [1.29, 1.82) is 0 Å². The second kappa shape index (κ2) is 6.81. The number of aromatic nitrogens is 4. The number of Topliss-reactive ketones (excluding diaryl/α,β-unsaturated/α-hetero) is 1. The average molecular weight is 384 g/mol. The largest absolute Gasteiger partial charge is 0.508 e. The number of fused-ring (bicyclic) bond motifs is 3. The first-order chi connectivity index (χ1) is 14.2. The van der Waals surface area contributed by atoms with Crippen LogP contribution in [0.15, 0.2) is 54.6 Å². The van der Waals surface area contributed by atoms with Gasteiger partial charge in [-0.2, -0.15) is 5.10 Å². The maximum atomic E-state index is 12.8. The molecule has 0 aliphatic heterocycles. The number of carbonyl (C=O) groups is 1. The Balaban J connectivity index is 1.70. The smallest absolute Gasteiger partial charge is 0.185 e. The van der Waals surface area contributed by atoms with Gasteiger partial charge in [0.2, 0.25) is 0 Å². The lowest BCUT2D eigenvalue weighted by atomic mass is 9.83. The highest BCUT2D eigenvalue weighted by molar-refractivity contribution is 5.97. The summed E-state index contributed by atoms with van der Waals surface area (Å²) >= 11 is 0. The highest BCUT2D eigenvalue weighted by Gasteiger charge is 2.32. The molecule has 29 heavy (non-hydrogen) atoms. The molecule has 0 radical (unpaired) electrons. The van der Waals surface area contributed by atoms with Gasteiger partial charge in [-0.25, -0.2) is 4.52 Å². The number of para-hydroxylation sites is 1. The van der Waals surface area contributed by atoms with Gasteiger partial charge in [0.1, 0.15) is 5.75 Å². The maximum Gasteiger partial charge on any atom is 0.185 e. The van der Waals surface area contributed by atoms with Crippen LogP contribution in [0.3, 0.4) is 0 Å². The van der Waals surface area contributed by atoms with Crippen LogP contribution in [0.1, 0.15) is 46.7 Å². The van der Waals surface area contributed by atoms with Gasteiger partial charge in [0.05, 0.1) is 17.0 Å². The Morgan fingerprint density at radius 2 is 1.79 bits per heavy atom. The van der Waals surface area contributed by atoms with Crippen LogP contribution in [0, 0.1) is 0 Å². The lowest BCUT2D eigenvalue weighted by Gasteiger charge is -2.23. The van der Waals surface area contributed by atoms with E-state index in [1.54, 1.807) is 16.6 Å². The molecule has 0 bridgehead atoms. The predicted octanol–water partition coefficient (Wildman–Crippen LogP) is 3.97. The van der Waals surface area contributed by atoms with Gasteiger partial charge in [0.15, 0.2) is 17.1 Å². The fraction of sp³-hybridized carbons (Fsp3) is 0.217. The quantitative estimate of drug-likeness (QED) is 0.578. The fourth-order valence-corrected chi connectivity index (χ4v) is 4.22. The first kappa shape index (κ1) is 17.6. The van der Waals surface area contributed by atoms with Gasteiger partial charge in [-0.05, 0) is 30.0 Å². The monoisotopic (exact) mass is 384 g/mol. The standard InChI is InChI=1S/C23H20N4O2/c1-2-17-21(14-8-4-3-5-9-14)23-25-24-22-18(27(23)26-17)12-15(13-20(22)29)16-10-6-7-11-19(16)28/h3-11,15,28H,2,12-13H2,1H3. The predicted molar refractivity (Wildman–Crippen MR) is 109 cm³/mol. The van der Waals surface area contributed by atoms with Crippen LogP contribution in [0.2, 0.25) is 0 Å². The van der Waals surface area contributed by atoms with Crippen molar-refractivity contribution >= 4 is 11.4 Å². The third kappa shape index (κ3) is 2.79. The number of aryl methyl sites for hydroxylation is 1. The topological polar surface area (TPSA) is 80.4 Å². The van der Waals surface area contributed by atoms with Gasteiger partial charge in [-0.1, -0.05) is 55.5 Å². The van der Waals surface area contributed by atoms with Crippen LogP contribution < -0.4 is 0 Å². The second-order valence-corrected chi connectivity index (χ2v) is 7.36. The van der Waals surface area contributed by atoms with Gasteiger partial charge >= 0.3 is 0 Å². The van der Waals surface area contributed by atoms with E-state index in [0.29, 0.717) is 24.2 Å². The molecule has 2 aromatic carbocycles. The van der Waals surface area contributed by atoms with E-state index in [1.807, 2.05) is 42.5 Å². The Labute approximate surface area is 167 Å². The number of phenolic OH excluding ortho intramolecular Hbond substituents is 1. The molecule has 144 valence electrons. The molecule has 1 N–H and O–H groups in total. The minimum atomic E-state index is -0.113. The molecule has 0 spiro atoms. The summed E-state index contributed by atoms with van der Waals surface area (Å²) in [7, 11) is 0. The van der Waals surface area contributed by atoms with Gasteiger partial charge in [-0.15, -0.1) is 10.2 Å². The minimum absolute atomic E-state index is 0.0660. The molecule has 6 heteroatoms. The minimum Gasteiger partial charge on any atom is -0.508 e. The van der Waals surface area contributed by atoms with E-state index in [2.05, 4.69) is 17.1 Å². The molecule has 1 aliphatic carbocycles. The number of aromatic hydroxyl groups is 1. The number of phenols is 1. The summed E-state index contributed by atoms with van der Waals surface area (Å²) in [5.41, 5.74) is 5.51. The van der Waals surface area contributed by atoms with Gasteiger partial charge < -0.3 is 5.11 Å². The van der Waals surface area contributed by atoms with E-state index in [-0.39, 0.29) is 17.5 Å². The summed E-state index contributed by atoms with van der Waals surface area (Å²) in [6.07, 6.45) is 1.63. The van der Waals surface area contributed by atoms with Crippen LogP contribution in [-0.4, -0.2) is 30.7 Å². The van der Waals surface area contributed by atoms with Crippen molar-refractivity contribution in [3.8, 4) is 16.9 Å². The van der Waals surface area contributed by atoms with Crippen molar-refractivity contribution < 1.29 is 9.90 Å². The zero-order valence-electron chi connectivity index (χ0n) is 16.0. The molecule has 0 saturated carbocycles. The van der Waals surface area contributed by atoms with E-state index in [1.165, 1.54) is 0 Å². The van der Waals surface area contributed by atoms with E-state index in [4.69, 9.17) is 5.10 Å². The van der Waals surface area contributed by atoms with Crippen LogP contribution >= 0.6 is 0 Å². The first-order valence-electron chi connectivity index (χ1n) is 9.81. The van der Waals surface area contributed by atoms with Crippen LogP contribution in [-0.2, 0) is 12.8 Å². The lowest BCUT2D eigenvalue weighted by Crippen LogP contribution is -2.24. The number of benzene rings is 2. The summed E-state index contributed by atoms with van der Waals surface area (Å²) in [4.78, 5) is 12.8. The molecule has 1 aliphatic rings. The molecule has 0 fully saturated rings. The van der Waals surface area contributed by atoms with Crippen molar-refractivity contribution in [3.05, 3.63) is 77.2 Å². The maximum absolute atomic E-state index is 12.8. The number of rotatable bonds is 3. The molecule has 6 nitrogen and oxygen atoms in total. The Hall–Kier alpha value is -3.54. The molecular formula is C23H20N4O2. The van der Waals surface area contributed by atoms with Crippen LogP contribution in [0.25, 0.3) is 16.8 Å². The molecule has 4 aromatic rings. The highest BCUT2D eigenvalue weighted by Crippen LogP contribution is 2.37. The Kier molecular flexibility index (Phi) is 4.12. The number of hydrogen-bond donors (Lipinski definition) is 1. The summed E-state index contributed by atoms with van der Waals surface area (Å²) in [6.45, 7) is 2.06. The normalized spacial score (nSPS) is 16.2. The zero-order valence-corrected chi connectivity index (χ0v) is 16.0. The van der Waals surface area contributed by atoms with Crippen molar-refractivity contribution in [3.63, 3.8) is 0 Å². The number of ketones is 1. The average Bonchev–Trinajstić information content (AvgIpc) is 3.14. The summed E-state index contributed by atoms with van der Waals surface area (Å²) in [5, 5.41) is 23.8. The second-order valence-electron chi connectivity index (χ2n) is 7.36.